The molecule has 0 bridgehead atoms. The van der Waals surface area contributed by atoms with E-state index < -0.39 is 0 Å². The summed E-state index contributed by atoms with van der Waals surface area (Å²) in [5.41, 5.74) is 1.25. The Morgan fingerprint density at radius 3 is 2.33 bits per heavy atom. The summed E-state index contributed by atoms with van der Waals surface area (Å²) in [5, 5.41) is 4.83. The smallest absolute Gasteiger partial charge is 0.128 e. The summed E-state index contributed by atoms with van der Waals surface area (Å²) in [4.78, 5) is 0. The zero-order valence-corrected chi connectivity index (χ0v) is 13.7. The molecule has 0 radical (unpaired) electrons. The maximum atomic E-state index is 14.2. The molecule has 1 N–H and O–H groups in total. The van der Waals surface area contributed by atoms with Crippen LogP contribution in [0.5, 0.6) is 0 Å². The van der Waals surface area contributed by atoms with Gasteiger partial charge in [0.2, 0.25) is 0 Å². The Labute approximate surface area is 139 Å². The van der Waals surface area contributed by atoms with Crippen LogP contribution in [0.25, 0.3) is 0 Å². The van der Waals surface area contributed by atoms with E-state index in [9.17, 15) is 4.39 Å². The molecule has 0 spiro atoms. The van der Waals surface area contributed by atoms with Crippen LogP contribution in [0.15, 0.2) is 36.4 Å². The zero-order chi connectivity index (χ0) is 15.4. The van der Waals surface area contributed by atoms with Crippen LogP contribution in [-0.4, -0.2) is 6.54 Å². The first-order valence-electron chi connectivity index (χ1n) is 6.66. The molecule has 2 rings (SSSR count). The van der Waals surface area contributed by atoms with Crippen LogP contribution in [0.1, 0.15) is 30.5 Å². The average Bonchev–Trinajstić information content (AvgIpc) is 2.44. The molecule has 0 heterocycles. The first-order chi connectivity index (χ1) is 10.0. The second-order valence-electron chi connectivity index (χ2n) is 4.72. The normalized spacial score (nSPS) is 12.4. The summed E-state index contributed by atoms with van der Waals surface area (Å²) in [6.45, 7) is 2.78. The highest BCUT2D eigenvalue weighted by Crippen LogP contribution is 2.32. The van der Waals surface area contributed by atoms with Gasteiger partial charge in [0.25, 0.3) is 0 Å². The lowest BCUT2D eigenvalue weighted by Gasteiger charge is -2.21. The number of benzene rings is 2. The number of hydrogen-bond acceptors (Lipinski definition) is 1. The van der Waals surface area contributed by atoms with Crippen LogP contribution in [0.4, 0.5) is 4.39 Å². The van der Waals surface area contributed by atoms with E-state index in [1.54, 1.807) is 24.3 Å². The zero-order valence-electron chi connectivity index (χ0n) is 11.5. The largest absolute Gasteiger partial charge is 0.306 e. The summed E-state index contributed by atoms with van der Waals surface area (Å²) in [6.07, 6.45) is 0.921. The van der Waals surface area contributed by atoms with Crippen molar-refractivity contribution >= 4 is 34.8 Å². The number of rotatable bonds is 5. The lowest BCUT2D eigenvalue weighted by Crippen LogP contribution is -2.24. The molecule has 1 nitrogen and oxygen atoms in total. The third-order valence-corrected chi connectivity index (χ3v) is 3.94. The lowest BCUT2D eigenvalue weighted by atomic mass is 9.98. The predicted molar refractivity (Wildman–Crippen MR) is 88.0 cm³/mol. The minimum atomic E-state index is -0.367. The van der Waals surface area contributed by atoms with Gasteiger partial charge >= 0.3 is 0 Å². The topological polar surface area (TPSA) is 12.0 Å². The Morgan fingerprint density at radius 2 is 1.67 bits per heavy atom. The van der Waals surface area contributed by atoms with Gasteiger partial charge in [-0.15, -0.1) is 0 Å². The molecule has 0 saturated carbocycles. The molecule has 1 atom stereocenters. The van der Waals surface area contributed by atoms with Crippen LogP contribution in [0.2, 0.25) is 15.1 Å². The molecule has 2 aromatic rings. The maximum Gasteiger partial charge on any atom is 0.128 e. The molecule has 0 saturated heterocycles. The summed E-state index contributed by atoms with van der Waals surface area (Å²) in [5.74, 6) is -0.320. The van der Waals surface area contributed by atoms with E-state index in [2.05, 4.69) is 5.32 Å². The van der Waals surface area contributed by atoms with Crippen molar-refractivity contribution in [3.8, 4) is 0 Å². The molecule has 0 aliphatic carbocycles. The Hall–Kier alpha value is -0.800. The Bertz CT molecular complexity index is 631. The van der Waals surface area contributed by atoms with E-state index in [4.69, 9.17) is 34.8 Å². The van der Waals surface area contributed by atoms with Gasteiger partial charge in [0.1, 0.15) is 5.82 Å². The summed E-state index contributed by atoms with van der Waals surface area (Å²) in [7, 11) is 0. The molecule has 5 heteroatoms. The fourth-order valence-corrected chi connectivity index (χ4v) is 2.85. The van der Waals surface area contributed by atoms with Crippen molar-refractivity contribution in [2.24, 2.45) is 0 Å². The highest BCUT2D eigenvalue weighted by Gasteiger charge is 2.20. The Balaban J connectivity index is 2.49. The second kappa shape index (κ2) is 7.46. The van der Waals surface area contributed by atoms with Crippen LogP contribution in [0, 0.1) is 5.82 Å². The quantitative estimate of drug-likeness (QED) is 0.713. The van der Waals surface area contributed by atoms with Gasteiger partial charge in [0, 0.05) is 20.6 Å². The minimum Gasteiger partial charge on any atom is -0.306 e. The van der Waals surface area contributed by atoms with Gasteiger partial charge < -0.3 is 5.32 Å². The summed E-state index contributed by atoms with van der Waals surface area (Å²) < 4.78 is 14.2. The fourth-order valence-electron chi connectivity index (χ4n) is 2.15. The lowest BCUT2D eigenvalue weighted by molar-refractivity contribution is 0.547. The Kier molecular flexibility index (Phi) is 5.88. The van der Waals surface area contributed by atoms with Gasteiger partial charge in [0.15, 0.2) is 0 Å². The highest BCUT2D eigenvalue weighted by molar-refractivity contribution is 6.35. The monoisotopic (exact) mass is 345 g/mol. The molecule has 112 valence electrons. The van der Waals surface area contributed by atoms with Gasteiger partial charge in [0.05, 0.1) is 6.04 Å². The number of hydrogen-bond donors (Lipinski definition) is 1. The molecule has 0 aliphatic heterocycles. The minimum absolute atomic E-state index is 0.320. The maximum absolute atomic E-state index is 14.2. The van der Waals surface area contributed by atoms with Crippen molar-refractivity contribution in [1.82, 2.24) is 5.32 Å². The third-order valence-electron chi connectivity index (χ3n) is 3.14. The van der Waals surface area contributed by atoms with E-state index in [0.717, 1.165) is 18.5 Å². The van der Waals surface area contributed by atoms with E-state index >= 15 is 0 Å². The van der Waals surface area contributed by atoms with Crippen molar-refractivity contribution in [3.05, 3.63) is 68.4 Å². The van der Waals surface area contributed by atoms with Gasteiger partial charge in [-0.1, -0.05) is 47.8 Å². The van der Waals surface area contributed by atoms with E-state index in [1.165, 1.54) is 12.1 Å². The van der Waals surface area contributed by atoms with Gasteiger partial charge in [-0.3, -0.25) is 0 Å². The standard InChI is InChI=1S/C16H15Cl3FN/c1-2-7-21-16(12-5-3-11(18)9-14(12)19)13-8-10(17)4-6-15(13)20/h3-6,8-9,16,21H,2,7H2,1H3. The van der Waals surface area contributed by atoms with Crippen LogP contribution in [-0.2, 0) is 0 Å². The van der Waals surface area contributed by atoms with Crippen molar-refractivity contribution in [3.63, 3.8) is 0 Å². The first-order valence-corrected chi connectivity index (χ1v) is 7.79. The third kappa shape index (κ3) is 4.10. The van der Waals surface area contributed by atoms with E-state index in [-0.39, 0.29) is 11.9 Å². The van der Waals surface area contributed by atoms with Gasteiger partial charge in [-0.2, -0.15) is 0 Å². The number of halogens is 4. The predicted octanol–water partition coefficient (Wildman–Crippen LogP) is 5.87. The second-order valence-corrected chi connectivity index (χ2v) is 6.00. The van der Waals surface area contributed by atoms with Gasteiger partial charge in [-0.25, -0.2) is 4.39 Å². The molecule has 0 aromatic heterocycles. The van der Waals surface area contributed by atoms with Crippen molar-refractivity contribution in [1.29, 1.82) is 0 Å². The van der Waals surface area contributed by atoms with Crippen LogP contribution in [0.3, 0.4) is 0 Å². The molecule has 21 heavy (non-hydrogen) atoms. The fraction of sp³-hybridized carbons (Fsp3) is 0.250. The van der Waals surface area contributed by atoms with E-state index in [0.29, 0.717) is 20.6 Å². The molecular weight excluding hydrogens is 332 g/mol. The van der Waals surface area contributed by atoms with Crippen molar-refractivity contribution < 1.29 is 4.39 Å². The summed E-state index contributed by atoms with van der Waals surface area (Å²) in [6, 6.07) is 9.34. The first kappa shape index (κ1) is 16.6. The Morgan fingerprint density at radius 1 is 1.00 bits per heavy atom. The molecular formula is C16H15Cl3FN. The SMILES string of the molecule is CCCNC(c1cc(Cl)ccc1F)c1ccc(Cl)cc1Cl. The molecule has 1 unspecified atom stereocenters. The summed E-state index contributed by atoms with van der Waals surface area (Å²) >= 11 is 18.2. The highest BCUT2D eigenvalue weighted by atomic mass is 35.5. The van der Waals surface area contributed by atoms with Crippen molar-refractivity contribution in [2.75, 3.05) is 6.54 Å². The molecule has 0 fully saturated rings. The molecule has 0 amide bonds. The van der Waals surface area contributed by atoms with Crippen LogP contribution < -0.4 is 5.32 Å². The molecule has 2 aromatic carbocycles. The molecule has 0 aliphatic rings. The van der Waals surface area contributed by atoms with E-state index in [1.807, 2.05) is 6.92 Å². The van der Waals surface area contributed by atoms with Gasteiger partial charge in [-0.05, 0) is 48.9 Å². The van der Waals surface area contributed by atoms with Crippen molar-refractivity contribution in [2.45, 2.75) is 19.4 Å². The van der Waals surface area contributed by atoms with Crippen LogP contribution >= 0.6 is 34.8 Å². The average molecular weight is 347 g/mol. The number of nitrogens with one attached hydrogen (secondary N) is 1.